The summed E-state index contributed by atoms with van der Waals surface area (Å²) >= 11 is 0. The Hall–Kier alpha value is -4.46. The zero-order valence-electron chi connectivity index (χ0n) is 26.4. The second-order valence-corrected chi connectivity index (χ2v) is 12.3. The molecule has 1 amide bonds. The van der Waals surface area contributed by atoms with Crippen molar-refractivity contribution in [3.63, 3.8) is 0 Å². The normalized spacial score (nSPS) is 12.1. The van der Waals surface area contributed by atoms with E-state index < -0.39 is 17.9 Å². The number of rotatable bonds is 14. The van der Waals surface area contributed by atoms with Crippen LogP contribution in [0.15, 0.2) is 71.3 Å². The molecule has 4 rings (SSSR count). The summed E-state index contributed by atoms with van der Waals surface area (Å²) in [6, 6.07) is 19.4. The largest absolute Gasteiger partial charge is 0.494 e. The summed E-state index contributed by atoms with van der Waals surface area (Å²) in [4.78, 5) is 29.5. The monoisotopic (exact) mass is 597 g/mol. The van der Waals surface area contributed by atoms with Gasteiger partial charge in [0, 0.05) is 23.1 Å². The molecule has 0 fully saturated rings. The Balaban J connectivity index is 1.37. The maximum Gasteiger partial charge on any atom is 0.326 e. The minimum Gasteiger partial charge on any atom is -0.494 e. The molecule has 8 nitrogen and oxygen atoms in total. The van der Waals surface area contributed by atoms with Crippen LogP contribution in [0.25, 0.3) is 22.8 Å². The number of benzene rings is 3. The molecule has 232 valence electrons. The van der Waals surface area contributed by atoms with Crippen molar-refractivity contribution < 1.29 is 24.0 Å². The molecule has 0 radical (unpaired) electrons. The van der Waals surface area contributed by atoms with Crippen LogP contribution in [-0.2, 0) is 16.6 Å². The number of aromatic nitrogens is 2. The number of carboxylic acids is 1. The summed E-state index contributed by atoms with van der Waals surface area (Å²) < 4.78 is 11.4. The molecule has 0 spiro atoms. The number of nitrogens with zero attached hydrogens (tertiary/aromatic N) is 2. The van der Waals surface area contributed by atoms with Gasteiger partial charge >= 0.3 is 5.97 Å². The predicted molar refractivity (Wildman–Crippen MR) is 172 cm³/mol. The van der Waals surface area contributed by atoms with Crippen LogP contribution >= 0.6 is 0 Å². The van der Waals surface area contributed by atoms with Crippen LogP contribution in [0.2, 0.25) is 0 Å². The second kappa shape index (κ2) is 14.8. The van der Waals surface area contributed by atoms with E-state index in [-0.39, 0.29) is 11.8 Å². The first-order chi connectivity index (χ1) is 21.0. The molecule has 0 saturated heterocycles. The van der Waals surface area contributed by atoms with Gasteiger partial charge in [-0.15, -0.1) is 0 Å². The first-order valence-corrected chi connectivity index (χ1v) is 15.4. The molecular weight excluding hydrogens is 554 g/mol. The summed E-state index contributed by atoms with van der Waals surface area (Å²) in [5.74, 6) is 0.133. The van der Waals surface area contributed by atoms with E-state index in [9.17, 15) is 14.7 Å². The van der Waals surface area contributed by atoms with Crippen molar-refractivity contribution in [1.29, 1.82) is 0 Å². The van der Waals surface area contributed by atoms with E-state index in [1.165, 1.54) is 25.7 Å². The summed E-state index contributed by atoms with van der Waals surface area (Å²) in [7, 11) is 0. The van der Waals surface area contributed by atoms with E-state index in [0.717, 1.165) is 40.0 Å². The average Bonchev–Trinajstić information content (AvgIpc) is 3.48. The lowest BCUT2D eigenvalue weighted by atomic mass is 9.86. The average molecular weight is 598 g/mol. The summed E-state index contributed by atoms with van der Waals surface area (Å²) in [5.41, 5.74) is 4.67. The van der Waals surface area contributed by atoms with Crippen molar-refractivity contribution in [2.45, 2.75) is 84.6 Å². The molecule has 3 aromatic carbocycles. The fraction of sp³-hybridized carbons (Fsp3) is 0.389. The van der Waals surface area contributed by atoms with Crippen LogP contribution in [0, 0.1) is 6.92 Å². The van der Waals surface area contributed by atoms with Gasteiger partial charge in [0.25, 0.3) is 11.8 Å². The standard InChI is InChI=1S/C36H43N3O5/c1-6-7-8-9-10-21-43-29-18-14-26(15-19-29)32-38-34(44-39-32)30-20-11-25(22-24(30)2)23-31(35(41)42)37-33(40)27-12-16-28(17-13-27)36(3,4)5/h11-20,22,31H,6-10,21,23H2,1-5H3,(H,37,40)(H,41,42). The molecule has 8 heteroatoms. The fourth-order valence-electron chi connectivity index (χ4n) is 4.94. The quantitative estimate of drug-likeness (QED) is 0.143. The number of nitrogens with one attached hydrogen (secondary N) is 1. The topological polar surface area (TPSA) is 115 Å². The van der Waals surface area contributed by atoms with Gasteiger partial charge in [-0.25, -0.2) is 4.79 Å². The Bertz CT molecular complexity index is 1540. The molecule has 1 unspecified atom stereocenters. The number of aliphatic carboxylic acids is 1. The molecule has 2 N–H and O–H groups in total. The Labute approximate surface area is 259 Å². The van der Waals surface area contributed by atoms with Gasteiger partial charge in [-0.1, -0.05) is 82.8 Å². The maximum atomic E-state index is 12.8. The van der Waals surface area contributed by atoms with Crippen molar-refractivity contribution in [2.24, 2.45) is 0 Å². The highest BCUT2D eigenvalue weighted by Gasteiger charge is 2.23. The number of aryl methyl sites for hydroxylation is 1. The van der Waals surface area contributed by atoms with Crippen LogP contribution in [-0.4, -0.2) is 39.8 Å². The first-order valence-electron chi connectivity index (χ1n) is 15.4. The van der Waals surface area contributed by atoms with Crippen molar-refractivity contribution in [3.05, 3.63) is 89.0 Å². The molecular formula is C36H43N3O5. The molecule has 1 atom stereocenters. The molecule has 0 aliphatic carbocycles. The van der Waals surface area contributed by atoms with Gasteiger partial charge in [0.2, 0.25) is 5.82 Å². The molecule has 0 bridgehead atoms. The molecule has 0 saturated carbocycles. The number of hydrogen-bond donors (Lipinski definition) is 2. The Morgan fingerprint density at radius 2 is 1.66 bits per heavy atom. The lowest BCUT2D eigenvalue weighted by Crippen LogP contribution is -2.42. The third-order valence-electron chi connectivity index (χ3n) is 7.63. The van der Waals surface area contributed by atoms with Crippen LogP contribution < -0.4 is 10.1 Å². The minimum atomic E-state index is -1.10. The number of ether oxygens (including phenoxy) is 1. The van der Waals surface area contributed by atoms with E-state index in [0.29, 0.717) is 23.9 Å². The lowest BCUT2D eigenvalue weighted by molar-refractivity contribution is -0.139. The highest BCUT2D eigenvalue weighted by Crippen LogP contribution is 2.27. The van der Waals surface area contributed by atoms with Crippen LogP contribution in [0.5, 0.6) is 5.75 Å². The maximum absolute atomic E-state index is 12.8. The second-order valence-electron chi connectivity index (χ2n) is 12.3. The smallest absolute Gasteiger partial charge is 0.326 e. The summed E-state index contributed by atoms with van der Waals surface area (Å²) in [5, 5.41) is 16.7. The van der Waals surface area contributed by atoms with Crippen LogP contribution in [0.1, 0.15) is 86.8 Å². The zero-order valence-corrected chi connectivity index (χ0v) is 26.4. The molecule has 0 aliphatic heterocycles. The Morgan fingerprint density at radius 1 is 0.955 bits per heavy atom. The number of carboxylic acid groups (broad SMARTS) is 1. The fourth-order valence-corrected chi connectivity index (χ4v) is 4.94. The molecule has 44 heavy (non-hydrogen) atoms. The number of amides is 1. The van der Waals surface area contributed by atoms with Gasteiger partial charge in [0.1, 0.15) is 11.8 Å². The van der Waals surface area contributed by atoms with Crippen molar-refractivity contribution in [3.8, 4) is 28.6 Å². The van der Waals surface area contributed by atoms with E-state index in [1.807, 2.05) is 61.5 Å². The molecule has 0 aliphatic rings. The van der Waals surface area contributed by atoms with E-state index in [2.05, 4.69) is 43.2 Å². The molecule has 4 aromatic rings. The van der Waals surface area contributed by atoms with Gasteiger partial charge in [0.15, 0.2) is 0 Å². The van der Waals surface area contributed by atoms with Crippen LogP contribution in [0.3, 0.4) is 0 Å². The number of hydrogen-bond acceptors (Lipinski definition) is 6. The zero-order chi connectivity index (χ0) is 31.7. The number of unbranched alkanes of at least 4 members (excludes halogenated alkanes) is 4. The van der Waals surface area contributed by atoms with E-state index in [1.54, 1.807) is 12.1 Å². The predicted octanol–water partition coefficient (Wildman–Crippen LogP) is 7.78. The number of carbonyl (C=O) groups excluding carboxylic acids is 1. The Morgan fingerprint density at radius 3 is 2.30 bits per heavy atom. The minimum absolute atomic E-state index is 0.0425. The van der Waals surface area contributed by atoms with Gasteiger partial charge in [-0.3, -0.25) is 4.79 Å². The van der Waals surface area contributed by atoms with Crippen molar-refractivity contribution in [2.75, 3.05) is 6.61 Å². The summed E-state index contributed by atoms with van der Waals surface area (Å²) in [6.07, 6.45) is 6.10. The van der Waals surface area contributed by atoms with Gasteiger partial charge in [0.05, 0.1) is 6.61 Å². The number of carbonyl (C=O) groups is 2. The highest BCUT2D eigenvalue weighted by atomic mass is 16.5. The van der Waals surface area contributed by atoms with Gasteiger partial charge < -0.3 is 19.7 Å². The van der Waals surface area contributed by atoms with Gasteiger partial charge in [-0.2, -0.15) is 4.98 Å². The van der Waals surface area contributed by atoms with Crippen molar-refractivity contribution >= 4 is 11.9 Å². The highest BCUT2D eigenvalue weighted by molar-refractivity contribution is 5.96. The Kier molecular flexibility index (Phi) is 10.9. The van der Waals surface area contributed by atoms with E-state index >= 15 is 0 Å². The van der Waals surface area contributed by atoms with Crippen molar-refractivity contribution in [1.82, 2.24) is 15.5 Å². The third kappa shape index (κ3) is 8.78. The van der Waals surface area contributed by atoms with Gasteiger partial charge in [-0.05, 0) is 77.9 Å². The molecule has 1 aromatic heterocycles. The lowest BCUT2D eigenvalue weighted by Gasteiger charge is -2.19. The summed E-state index contributed by atoms with van der Waals surface area (Å²) in [6.45, 7) is 11.1. The molecule has 1 heterocycles. The SMILES string of the molecule is CCCCCCCOc1ccc(-c2noc(-c3ccc(CC(NC(=O)c4ccc(C(C)(C)C)cc4)C(=O)O)cc3C)n2)cc1. The van der Waals surface area contributed by atoms with E-state index in [4.69, 9.17) is 9.26 Å². The third-order valence-corrected chi connectivity index (χ3v) is 7.63. The first kappa shape index (κ1) is 32.5. The van der Waals surface area contributed by atoms with Crippen LogP contribution in [0.4, 0.5) is 0 Å².